The van der Waals surface area contributed by atoms with E-state index >= 15 is 0 Å². The van der Waals surface area contributed by atoms with Crippen LogP contribution in [0.2, 0.25) is 0 Å². The molecule has 6 aromatic rings. The first kappa shape index (κ1) is 31.5. The Morgan fingerprint density at radius 3 is 2.06 bits per heavy atom. The molecule has 1 amide bonds. The maximum Gasteiger partial charge on any atom is 0.222 e. The number of hydrogen-bond acceptors (Lipinski definition) is 7. The summed E-state index contributed by atoms with van der Waals surface area (Å²) < 4.78 is 0. The number of nitrogens with one attached hydrogen (secondary N) is 1. The van der Waals surface area contributed by atoms with Gasteiger partial charge in [0.2, 0.25) is 5.91 Å². The van der Waals surface area contributed by atoms with Crippen LogP contribution in [0.25, 0.3) is 32.9 Å². The molecule has 3 atom stereocenters. The quantitative estimate of drug-likeness (QED) is 0.140. The van der Waals surface area contributed by atoms with Crippen molar-refractivity contribution < 1.29 is 15.0 Å². The molecule has 8 nitrogen and oxygen atoms in total. The first-order valence-electron chi connectivity index (χ1n) is 16.0. The fourth-order valence-corrected chi connectivity index (χ4v) is 6.23. The third-order valence-electron chi connectivity index (χ3n) is 9.09. The van der Waals surface area contributed by atoms with Crippen LogP contribution in [0.1, 0.15) is 62.4 Å². The van der Waals surface area contributed by atoms with Gasteiger partial charge >= 0.3 is 0 Å². The number of benzene rings is 3. The lowest BCUT2D eigenvalue weighted by atomic mass is 9.91. The minimum atomic E-state index is -0.525. The van der Waals surface area contributed by atoms with Crippen LogP contribution < -0.4 is 5.32 Å². The van der Waals surface area contributed by atoms with Crippen molar-refractivity contribution in [2.45, 2.75) is 45.7 Å². The van der Waals surface area contributed by atoms with Gasteiger partial charge in [-0.15, -0.1) is 0 Å². The van der Waals surface area contributed by atoms with Gasteiger partial charge in [0.1, 0.15) is 28.4 Å². The molecule has 0 aliphatic rings. The second kappa shape index (κ2) is 13.5. The van der Waals surface area contributed by atoms with E-state index in [1.165, 1.54) is 0 Å². The molecular formula is C39H39N5O3. The largest absolute Gasteiger partial charge is 0.505 e. The standard InChI is InChI=1S/C39H39N5O3/c1-5-24(3)34(30-17-14-25-12-8-20-40-35(25)38(30)46)43-32-19-16-29(23-42-32)27-10-7-11-28(22-27)37(44(4)33(45)6-2)31-18-15-26-13-9-21-41-36(26)39(31)47/h7-24,34,37,46-47H,5-6H2,1-4H3,(H,42,43). The SMILES string of the molecule is CCC(=O)N(C)C(c1cccc(-c2ccc(NC(c3ccc4cccnc4c3O)C(C)CC)nc2)c1)c1ccc2cccnc2c1O. The first-order valence-corrected chi connectivity index (χ1v) is 16.0. The molecule has 0 spiro atoms. The number of hydrogen-bond donors (Lipinski definition) is 3. The minimum Gasteiger partial charge on any atom is -0.505 e. The zero-order valence-electron chi connectivity index (χ0n) is 27.1. The Balaban J connectivity index is 1.32. The fraction of sp³-hybridized carbons (Fsp3) is 0.231. The van der Waals surface area contributed by atoms with Gasteiger partial charge in [0, 0.05) is 59.5 Å². The van der Waals surface area contributed by atoms with Crippen LogP contribution in [0, 0.1) is 5.92 Å². The van der Waals surface area contributed by atoms with Crippen molar-refractivity contribution in [3.05, 3.63) is 120 Å². The van der Waals surface area contributed by atoms with Crippen molar-refractivity contribution in [1.82, 2.24) is 19.9 Å². The second-order valence-electron chi connectivity index (χ2n) is 12.0. The average Bonchev–Trinajstić information content (AvgIpc) is 3.12. The lowest BCUT2D eigenvalue weighted by Gasteiger charge is -2.30. The van der Waals surface area contributed by atoms with Gasteiger partial charge in [0.05, 0.1) is 12.1 Å². The number of rotatable bonds is 10. The number of nitrogens with zero attached hydrogens (tertiary/aromatic N) is 4. The minimum absolute atomic E-state index is 0.0397. The van der Waals surface area contributed by atoms with E-state index in [0.717, 1.165) is 39.4 Å². The Hall–Kier alpha value is -5.50. The number of anilines is 1. The number of amides is 1. The first-order chi connectivity index (χ1) is 22.8. The fourth-order valence-electron chi connectivity index (χ4n) is 6.23. The zero-order chi connectivity index (χ0) is 33.1. The Bertz CT molecular complexity index is 2050. The summed E-state index contributed by atoms with van der Waals surface area (Å²) in [6, 6.07) is 26.5. The molecule has 0 radical (unpaired) electrons. The number of aromatic hydroxyl groups is 2. The van der Waals surface area contributed by atoms with E-state index in [9.17, 15) is 15.0 Å². The monoisotopic (exact) mass is 625 g/mol. The molecule has 0 saturated heterocycles. The van der Waals surface area contributed by atoms with Crippen molar-refractivity contribution in [1.29, 1.82) is 0 Å². The Morgan fingerprint density at radius 2 is 1.45 bits per heavy atom. The van der Waals surface area contributed by atoms with Gasteiger partial charge in [-0.2, -0.15) is 0 Å². The summed E-state index contributed by atoms with van der Waals surface area (Å²) in [5.41, 5.74) is 5.17. The van der Waals surface area contributed by atoms with Crippen LogP contribution in [0.4, 0.5) is 5.82 Å². The smallest absolute Gasteiger partial charge is 0.222 e. The van der Waals surface area contributed by atoms with Crippen molar-refractivity contribution in [2.24, 2.45) is 5.92 Å². The van der Waals surface area contributed by atoms with Crippen LogP contribution in [0.3, 0.4) is 0 Å². The summed E-state index contributed by atoms with van der Waals surface area (Å²) >= 11 is 0. The molecule has 3 aromatic heterocycles. The van der Waals surface area contributed by atoms with E-state index in [1.54, 1.807) is 24.3 Å². The van der Waals surface area contributed by atoms with E-state index in [0.29, 0.717) is 28.8 Å². The van der Waals surface area contributed by atoms with Gasteiger partial charge in [-0.3, -0.25) is 14.8 Å². The third kappa shape index (κ3) is 6.19. The van der Waals surface area contributed by atoms with Gasteiger partial charge < -0.3 is 20.4 Å². The van der Waals surface area contributed by atoms with Gasteiger partial charge in [-0.1, -0.05) is 81.8 Å². The predicted molar refractivity (Wildman–Crippen MR) is 187 cm³/mol. The van der Waals surface area contributed by atoms with Gasteiger partial charge in [-0.25, -0.2) is 4.98 Å². The van der Waals surface area contributed by atoms with Gasteiger partial charge in [0.15, 0.2) is 0 Å². The molecule has 0 fully saturated rings. The van der Waals surface area contributed by atoms with Crippen molar-refractivity contribution >= 4 is 33.5 Å². The van der Waals surface area contributed by atoms with E-state index in [2.05, 4.69) is 29.1 Å². The Morgan fingerprint density at radius 1 is 0.787 bits per heavy atom. The van der Waals surface area contributed by atoms with Crippen molar-refractivity contribution in [2.75, 3.05) is 12.4 Å². The lowest BCUT2D eigenvalue weighted by Crippen LogP contribution is -2.31. The topological polar surface area (TPSA) is 111 Å². The van der Waals surface area contributed by atoms with Crippen molar-refractivity contribution in [3.8, 4) is 22.6 Å². The number of carbonyl (C=O) groups excluding carboxylic acids is 1. The summed E-state index contributed by atoms with van der Waals surface area (Å²) in [6.07, 6.45) is 6.41. The average molecular weight is 626 g/mol. The van der Waals surface area contributed by atoms with Crippen LogP contribution in [-0.2, 0) is 4.79 Å². The maximum atomic E-state index is 13.0. The molecule has 3 N–H and O–H groups in total. The molecule has 3 aromatic carbocycles. The molecule has 238 valence electrons. The molecule has 8 heteroatoms. The maximum absolute atomic E-state index is 13.0. The predicted octanol–water partition coefficient (Wildman–Crippen LogP) is 8.41. The third-order valence-corrected chi connectivity index (χ3v) is 9.09. The molecule has 0 aliphatic heterocycles. The molecular weight excluding hydrogens is 586 g/mol. The highest BCUT2D eigenvalue weighted by Gasteiger charge is 2.27. The van der Waals surface area contributed by atoms with Crippen LogP contribution >= 0.6 is 0 Å². The summed E-state index contributed by atoms with van der Waals surface area (Å²) in [5, 5.41) is 27.8. The molecule has 3 unspecified atom stereocenters. The number of phenolic OH excluding ortho intramolecular Hbond substituents is 2. The summed E-state index contributed by atoms with van der Waals surface area (Å²) in [7, 11) is 1.77. The number of pyridine rings is 3. The summed E-state index contributed by atoms with van der Waals surface area (Å²) in [5.74, 6) is 1.11. The lowest BCUT2D eigenvalue weighted by molar-refractivity contribution is -0.131. The van der Waals surface area contributed by atoms with Gasteiger partial charge in [0.25, 0.3) is 0 Å². The molecule has 6 rings (SSSR count). The zero-order valence-corrected chi connectivity index (χ0v) is 27.1. The number of carbonyl (C=O) groups is 1. The van der Waals surface area contributed by atoms with E-state index < -0.39 is 6.04 Å². The molecule has 0 saturated carbocycles. The highest BCUT2D eigenvalue weighted by Crippen LogP contribution is 2.40. The molecule has 0 bridgehead atoms. The Labute approximate surface area is 274 Å². The van der Waals surface area contributed by atoms with Crippen LogP contribution in [-0.4, -0.2) is 43.0 Å². The highest BCUT2D eigenvalue weighted by atomic mass is 16.3. The van der Waals surface area contributed by atoms with Crippen LogP contribution in [0.15, 0.2) is 104 Å². The summed E-state index contributed by atoms with van der Waals surface area (Å²) in [6.45, 7) is 6.12. The van der Waals surface area contributed by atoms with Crippen molar-refractivity contribution in [3.63, 3.8) is 0 Å². The summed E-state index contributed by atoms with van der Waals surface area (Å²) in [4.78, 5) is 28.3. The van der Waals surface area contributed by atoms with Gasteiger partial charge in [-0.05, 0) is 47.4 Å². The van der Waals surface area contributed by atoms with E-state index in [1.807, 2.05) is 98.0 Å². The second-order valence-corrected chi connectivity index (χ2v) is 12.0. The number of aromatic nitrogens is 3. The molecule has 47 heavy (non-hydrogen) atoms. The number of phenols is 2. The number of fused-ring (bicyclic) bond motifs is 2. The highest BCUT2D eigenvalue weighted by molar-refractivity contribution is 5.87. The Kier molecular flexibility index (Phi) is 9.02. The van der Waals surface area contributed by atoms with E-state index in [-0.39, 0.29) is 29.4 Å². The van der Waals surface area contributed by atoms with Crippen LogP contribution in [0.5, 0.6) is 11.5 Å². The van der Waals surface area contributed by atoms with E-state index in [4.69, 9.17) is 4.98 Å². The molecule has 0 aliphatic carbocycles. The normalized spacial score (nSPS) is 13.3. The molecule has 3 heterocycles.